The minimum absolute atomic E-state index is 0.0625. The van der Waals surface area contributed by atoms with Gasteiger partial charge in [-0.1, -0.05) is 61.0 Å². The molecule has 2 fully saturated rings. The van der Waals surface area contributed by atoms with Crippen LogP contribution in [-0.2, 0) is 32.0 Å². The molecule has 4 N–H and O–H groups in total. The molecule has 3 aromatic rings. The molecule has 6 amide bonds. The number of imide groups is 2. The lowest BCUT2D eigenvalue weighted by Crippen LogP contribution is -2.73. The van der Waals surface area contributed by atoms with Gasteiger partial charge >= 0.3 is 6.03 Å². The van der Waals surface area contributed by atoms with Crippen LogP contribution < -0.4 is 10.6 Å². The molecule has 6 rings (SSSR count). The number of aliphatic hydroxyl groups excluding tert-OH is 1. The van der Waals surface area contributed by atoms with Gasteiger partial charge in [-0.25, -0.2) is 9.69 Å². The molecule has 246 valence electrons. The van der Waals surface area contributed by atoms with E-state index >= 15 is 4.79 Å². The Hall–Kier alpha value is -4.77. The van der Waals surface area contributed by atoms with Crippen molar-refractivity contribution in [2.24, 2.45) is 17.8 Å². The van der Waals surface area contributed by atoms with Gasteiger partial charge in [-0.3, -0.25) is 24.1 Å². The molecule has 11 nitrogen and oxygen atoms in total. The van der Waals surface area contributed by atoms with Crippen LogP contribution in [0.3, 0.4) is 0 Å². The first-order chi connectivity index (χ1) is 22.8. The predicted molar refractivity (Wildman–Crippen MR) is 175 cm³/mol. The highest BCUT2D eigenvalue weighted by Gasteiger charge is 2.67. The van der Waals surface area contributed by atoms with Crippen molar-refractivity contribution >= 4 is 40.6 Å². The van der Waals surface area contributed by atoms with Crippen LogP contribution in [0.15, 0.2) is 71.9 Å². The lowest BCUT2D eigenvalue weighted by molar-refractivity contribution is -0.151. The zero-order chi connectivity index (χ0) is 33.3. The van der Waals surface area contributed by atoms with E-state index in [4.69, 9.17) is 0 Å². The first-order valence-corrected chi connectivity index (χ1v) is 16.5. The zero-order valence-electron chi connectivity index (χ0n) is 26.8. The van der Waals surface area contributed by atoms with Crippen molar-refractivity contribution in [1.82, 2.24) is 25.4 Å². The third kappa shape index (κ3) is 5.32. The smallest absolute Gasteiger partial charge is 0.325 e. The molecule has 0 unspecified atom stereocenters. The minimum atomic E-state index is -1.88. The van der Waals surface area contributed by atoms with Crippen LogP contribution in [-0.4, -0.2) is 81.3 Å². The average molecular weight is 640 g/mol. The van der Waals surface area contributed by atoms with E-state index in [1.807, 2.05) is 67.7 Å². The average Bonchev–Trinajstić information content (AvgIpc) is 3.60. The summed E-state index contributed by atoms with van der Waals surface area (Å²) in [5, 5.41) is 16.3. The van der Waals surface area contributed by atoms with Crippen LogP contribution in [0.1, 0.15) is 44.2 Å². The number of para-hydroxylation sites is 1. The molecule has 0 spiro atoms. The molecular formula is C36H41N5O6. The zero-order valence-corrected chi connectivity index (χ0v) is 26.8. The molecule has 1 aromatic heterocycles. The Bertz CT molecular complexity index is 1750. The molecule has 11 heteroatoms. The Morgan fingerprint density at radius 1 is 0.979 bits per heavy atom. The SMILES string of the molecule is CCC1=C2CC[C@H]3C(=O)N(CC)C(=O)[C@H]3[C@H]2[C@@](Cc2ccccc2)(C(=O)NCCc2c[nH]c3ccccc23)N(C(=O)NCCO)C1=O. The van der Waals surface area contributed by atoms with E-state index in [9.17, 15) is 24.3 Å². The van der Waals surface area contributed by atoms with Crippen molar-refractivity contribution in [3.63, 3.8) is 0 Å². The van der Waals surface area contributed by atoms with Crippen LogP contribution in [0, 0.1) is 17.8 Å². The number of nitrogens with zero attached hydrogens (tertiary/aromatic N) is 2. The lowest BCUT2D eigenvalue weighted by Gasteiger charge is -2.54. The lowest BCUT2D eigenvalue weighted by atomic mass is 9.57. The summed E-state index contributed by atoms with van der Waals surface area (Å²) in [5.41, 5.74) is 1.84. The number of hydrogen-bond donors (Lipinski definition) is 4. The molecule has 47 heavy (non-hydrogen) atoms. The molecular weight excluding hydrogens is 598 g/mol. The summed E-state index contributed by atoms with van der Waals surface area (Å²) < 4.78 is 0. The molecule has 0 radical (unpaired) electrons. The molecule has 1 saturated heterocycles. The Balaban J connectivity index is 1.51. The monoisotopic (exact) mass is 639 g/mol. The quantitative estimate of drug-likeness (QED) is 0.250. The molecule has 4 atom stereocenters. The van der Waals surface area contributed by atoms with E-state index in [-0.39, 0.29) is 50.9 Å². The summed E-state index contributed by atoms with van der Waals surface area (Å²) in [7, 11) is 0. The number of rotatable bonds is 10. The number of carbonyl (C=O) groups excluding carboxylic acids is 5. The summed E-state index contributed by atoms with van der Waals surface area (Å²) in [6.45, 7) is 3.45. The number of H-pyrrole nitrogens is 1. The van der Waals surface area contributed by atoms with E-state index in [0.29, 0.717) is 36.0 Å². The largest absolute Gasteiger partial charge is 0.395 e. The normalized spacial score (nSPS) is 24.1. The number of benzene rings is 2. The van der Waals surface area contributed by atoms with Crippen LogP contribution >= 0.6 is 0 Å². The highest BCUT2D eigenvalue weighted by Crippen LogP contribution is 2.55. The second kappa shape index (κ2) is 13.2. The fourth-order valence-corrected chi connectivity index (χ4v) is 8.12. The van der Waals surface area contributed by atoms with Crippen molar-refractivity contribution in [2.45, 2.75) is 51.5 Å². The number of aliphatic hydroxyl groups is 1. The third-order valence-corrected chi connectivity index (χ3v) is 10.1. The number of likely N-dealkylation sites (tertiary alicyclic amines) is 1. The highest BCUT2D eigenvalue weighted by molar-refractivity contribution is 6.13. The topological polar surface area (TPSA) is 152 Å². The predicted octanol–water partition coefficient (Wildman–Crippen LogP) is 3.09. The number of carbonyl (C=O) groups is 5. The van der Waals surface area contributed by atoms with Gasteiger partial charge in [0.25, 0.3) is 5.91 Å². The van der Waals surface area contributed by atoms with E-state index in [1.54, 1.807) is 6.92 Å². The van der Waals surface area contributed by atoms with Gasteiger partial charge in [0.2, 0.25) is 17.7 Å². The van der Waals surface area contributed by atoms with Gasteiger partial charge in [-0.2, -0.15) is 0 Å². The summed E-state index contributed by atoms with van der Waals surface area (Å²) in [6.07, 6.45) is 3.35. The highest BCUT2D eigenvalue weighted by atomic mass is 16.3. The third-order valence-electron chi connectivity index (χ3n) is 10.1. The maximum Gasteiger partial charge on any atom is 0.325 e. The number of amides is 6. The van der Waals surface area contributed by atoms with Gasteiger partial charge in [-0.05, 0) is 49.8 Å². The van der Waals surface area contributed by atoms with Crippen LogP contribution in [0.2, 0.25) is 0 Å². The summed E-state index contributed by atoms with van der Waals surface area (Å²) in [5.74, 6) is -4.33. The standard InChI is InChI=1S/C36H41N5O6/c1-3-24-26-14-15-27-29(33(45)40(4-2)31(27)43)30(26)36(20-22-10-6-5-7-11-22,41(32(24)44)35(47)38-18-19-42)34(46)37-17-16-23-21-39-28-13-9-8-12-25(23)28/h5-13,21,27,29-30,39,42H,3-4,14-20H2,1-2H3,(H,37,46)(H,38,47)/t27-,29-,30+,36+/m1/s1. The number of nitrogens with one attached hydrogen (secondary N) is 3. The number of urea groups is 1. The number of fused-ring (bicyclic) bond motifs is 4. The Labute approximate surface area is 273 Å². The molecule has 0 bridgehead atoms. The van der Waals surface area contributed by atoms with E-state index in [2.05, 4.69) is 15.6 Å². The van der Waals surface area contributed by atoms with Crippen LogP contribution in [0.4, 0.5) is 4.79 Å². The van der Waals surface area contributed by atoms with Crippen LogP contribution in [0.5, 0.6) is 0 Å². The Morgan fingerprint density at radius 3 is 2.45 bits per heavy atom. The van der Waals surface area contributed by atoms with E-state index in [0.717, 1.165) is 21.4 Å². The number of aromatic amines is 1. The van der Waals surface area contributed by atoms with Crippen molar-refractivity contribution in [3.8, 4) is 0 Å². The summed E-state index contributed by atoms with van der Waals surface area (Å²) in [6, 6.07) is 16.2. The van der Waals surface area contributed by atoms with E-state index < -0.39 is 41.1 Å². The fraction of sp³-hybridized carbons (Fsp3) is 0.417. The van der Waals surface area contributed by atoms with E-state index in [1.165, 1.54) is 4.90 Å². The first kappa shape index (κ1) is 32.2. The van der Waals surface area contributed by atoms with Crippen molar-refractivity contribution in [2.75, 3.05) is 26.2 Å². The second-order valence-corrected chi connectivity index (χ2v) is 12.5. The van der Waals surface area contributed by atoms with Crippen LogP contribution in [0.25, 0.3) is 10.9 Å². The molecule has 2 aliphatic heterocycles. The molecule has 1 aliphatic carbocycles. The molecule has 3 aliphatic rings. The molecule has 2 aromatic carbocycles. The van der Waals surface area contributed by atoms with Gasteiger partial charge in [0.1, 0.15) is 5.54 Å². The summed E-state index contributed by atoms with van der Waals surface area (Å²) >= 11 is 0. The van der Waals surface area contributed by atoms with Crippen molar-refractivity contribution in [3.05, 3.63) is 83.1 Å². The fourth-order valence-electron chi connectivity index (χ4n) is 8.12. The van der Waals surface area contributed by atoms with Gasteiger partial charge in [0.05, 0.1) is 18.4 Å². The molecule has 3 heterocycles. The molecule has 1 saturated carbocycles. The van der Waals surface area contributed by atoms with Crippen molar-refractivity contribution < 1.29 is 29.1 Å². The van der Waals surface area contributed by atoms with Gasteiger partial charge in [-0.15, -0.1) is 0 Å². The summed E-state index contributed by atoms with van der Waals surface area (Å²) in [4.78, 5) is 76.8. The maximum atomic E-state index is 15.1. The van der Waals surface area contributed by atoms with Gasteiger partial charge in [0, 0.05) is 54.6 Å². The number of hydrogen-bond acceptors (Lipinski definition) is 6. The Kier molecular flexibility index (Phi) is 9.01. The second-order valence-electron chi connectivity index (χ2n) is 12.5. The van der Waals surface area contributed by atoms with Crippen molar-refractivity contribution in [1.29, 1.82) is 0 Å². The minimum Gasteiger partial charge on any atom is -0.395 e. The number of aromatic nitrogens is 1. The Morgan fingerprint density at radius 2 is 1.72 bits per heavy atom. The van der Waals surface area contributed by atoms with Gasteiger partial charge < -0.3 is 20.7 Å². The van der Waals surface area contributed by atoms with Gasteiger partial charge in [0.15, 0.2) is 0 Å². The first-order valence-electron chi connectivity index (χ1n) is 16.5. The maximum absolute atomic E-state index is 15.1.